The van der Waals surface area contributed by atoms with Crippen LogP contribution in [0.15, 0.2) is 48.5 Å². The van der Waals surface area contributed by atoms with E-state index in [0.717, 1.165) is 41.8 Å². The summed E-state index contributed by atoms with van der Waals surface area (Å²) in [7, 11) is 0. The smallest absolute Gasteiger partial charge is 0.319 e. The zero-order valence-electron chi connectivity index (χ0n) is 20.9. The summed E-state index contributed by atoms with van der Waals surface area (Å²) >= 11 is 0. The Balaban J connectivity index is 1.82. The van der Waals surface area contributed by atoms with Crippen molar-refractivity contribution in [2.75, 3.05) is 10.6 Å². The topological polar surface area (TPSA) is 82.3 Å². The van der Waals surface area contributed by atoms with Crippen LogP contribution < -0.4 is 21.3 Å². The fourth-order valence-corrected chi connectivity index (χ4v) is 3.96. The van der Waals surface area contributed by atoms with Crippen molar-refractivity contribution >= 4 is 23.4 Å². The molecule has 2 rings (SSSR count). The Hall–Kier alpha value is -3.02. The summed E-state index contributed by atoms with van der Waals surface area (Å²) in [5.74, 6) is 1.08. The summed E-state index contributed by atoms with van der Waals surface area (Å²) in [6.45, 7) is 12.6. The molecule has 33 heavy (non-hydrogen) atoms. The summed E-state index contributed by atoms with van der Waals surface area (Å²) in [6.07, 6.45) is 2.67. The van der Waals surface area contributed by atoms with E-state index >= 15 is 0 Å². The fraction of sp³-hybridized carbons (Fsp3) is 0.481. The maximum absolute atomic E-state index is 12.1. The largest absolute Gasteiger partial charge is 0.335 e. The van der Waals surface area contributed by atoms with Gasteiger partial charge in [0.05, 0.1) is 0 Å². The van der Waals surface area contributed by atoms with Gasteiger partial charge in [-0.05, 0) is 80.3 Å². The number of benzene rings is 2. The molecule has 0 heterocycles. The van der Waals surface area contributed by atoms with E-state index in [-0.39, 0.29) is 24.1 Å². The molecule has 0 saturated heterocycles. The second kappa shape index (κ2) is 12.9. The first-order chi connectivity index (χ1) is 15.6. The van der Waals surface area contributed by atoms with Gasteiger partial charge in [0, 0.05) is 23.5 Å². The molecule has 4 N–H and O–H groups in total. The highest BCUT2D eigenvalue weighted by Crippen LogP contribution is 2.16. The molecule has 0 fully saturated rings. The van der Waals surface area contributed by atoms with Gasteiger partial charge in [-0.3, -0.25) is 0 Å². The standard InChI is InChI=1S/C27H40N4O2/c1-18(2)15-20(5)28-26(32)30-24-11-7-22(8-12-24)17-23-9-13-25(14-10-23)31-27(33)29-21(6)16-19(3)4/h7-14,18-21H,15-17H2,1-6H3,(H2,28,30,32)(H2,29,31,33)/t20-,21-/m0/s1. The third-order valence-corrected chi connectivity index (χ3v) is 5.24. The van der Waals surface area contributed by atoms with Gasteiger partial charge in [0.1, 0.15) is 0 Å². The van der Waals surface area contributed by atoms with E-state index in [1.165, 1.54) is 0 Å². The van der Waals surface area contributed by atoms with Gasteiger partial charge in [0.2, 0.25) is 0 Å². The van der Waals surface area contributed by atoms with Gasteiger partial charge in [0.15, 0.2) is 0 Å². The van der Waals surface area contributed by atoms with Gasteiger partial charge in [0.25, 0.3) is 0 Å². The summed E-state index contributed by atoms with van der Waals surface area (Å²) in [5.41, 5.74) is 3.83. The molecule has 0 radical (unpaired) electrons. The summed E-state index contributed by atoms with van der Waals surface area (Å²) in [5, 5.41) is 11.7. The van der Waals surface area contributed by atoms with Gasteiger partial charge < -0.3 is 21.3 Å². The van der Waals surface area contributed by atoms with Gasteiger partial charge >= 0.3 is 12.1 Å². The SMILES string of the molecule is CC(C)C[C@H](C)NC(=O)Nc1ccc(Cc2ccc(NC(=O)N[C@@H](C)CC(C)C)cc2)cc1. The minimum atomic E-state index is -0.179. The maximum atomic E-state index is 12.1. The summed E-state index contributed by atoms with van der Waals surface area (Å²) in [6, 6.07) is 15.6. The van der Waals surface area contributed by atoms with Crippen LogP contribution in [0.3, 0.4) is 0 Å². The lowest BCUT2D eigenvalue weighted by molar-refractivity contribution is 0.246. The first-order valence-electron chi connectivity index (χ1n) is 11.9. The van der Waals surface area contributed by atoms with Crippen LogP contribution in [0.4, 0.5) is 21.0 Å². The molecule has 6 heteroatoms. The predicted octanol–water partition coefficient (Wildman–Crippen LogP) is 6.39. The molecule has 6 nitrogen and oxygen atoms in total. The first kappa shape index (κ1) is 26.2. The molecule has 0 unspecified atom stereocenters. The van der Waals surface area contributed by atoms with Crippen LogP contribution in [0.25, 0.3) is 0 Å². The van der Waals surface area contributed by atoms with E-state index in [1.807, 2.05) is 62.4 Å². The second-order valence-electron chi connectivity index (χ2n) is 9.83. The van der Waals surface area contributed by atoms with Crippen LogP contribution in [0.2, 0.25) is 0 Å². The molecule has 2 aromatic rings. The Morgan fingerprint density at radius 3 is 1.24 bits per heavy atom. The summed E-state index contributed by atoms with van der Waals surface area (Å²) in [4.78, 5) is 24.3. The highest BCUT2D eigenvalue weighted by molar-refractivity contribution is 5.90. The fourth-order valence-electron chi connectivity index (χ4n) is 3.96. The van der Waals surface area contributed by atoms with E-state index in [4.69, 9.17) is 0 Å². The summed E-state index contributed by atoms with van der Waals surface area (Å²) < 4.78 is 0. The second-order valence-corrected chi connectivity index (χ2v) is 9.83. The number of hydrogen-bond donors (Lipinski definition) is 4. The average molecular weight is 453 g/mol. The van der Waals surface area contributed by atoms with E-state index in [9.17, 15) is 9.59 Å². The molecule has 0 bridgehead atoms. The van der Waals surface area contributed by atoms with Crippen LogP contribution in [0.1, 0.15) is 65.5 Å². The van der Waals surface area contributed by atoms with E-state index < -0.39 is 0 Å². The lowest BCUT2D eigenvalue weighted by Gasteiger charge is -2.16. The van der Waals surface area contributed by atoms with Crippen molar-refractivity contribution in [3.63, 3.8) is 0 Å². The van der Waals surface area contributed by atoms with Gasteiger partial charge in [-0.1, -0.05) is 52.0 Å². The number of rotatable bonds is 10. The number of carbonyl (C=O) groups excluding carboxylic acids is 2. The third-order valence-electron chi connectivity index (χ3n) is 5.24. The zero-order chi connectivity index (χ0) is 24.4. The molecule has 0 saturated carbocycles. The Kier molecular flexibility index (Phi) is 10.2. The number of urea groups is 2. The Morgan fingerprint density at radius 1 is 0.606 bits per heavy atom. The molecule has 0 spiro atoms. The van der Waals surface area contributed by atoms with Crippen molar-refractivity contribution in [3.05, 3.63) is 59.7 Å². The van der Waals surface area contributed by atoms with E-state index in [0.29, 0.717) is 11.8 Å². The molecular formula is C27H40N4O2. The van der Waals surface area contributed by atoms with E-state index in [2.05, 4.69) is 49.0 Å². The number of nitrogens with one attached hydrogen (secondary N) is 4. The number of hydrogen-bond acceptors (Lipinski definition) is 2. The van der Waals surface area contributed by atoms with Crippen molar-refractivity contribution < 1.29 is 9.59 Å². The molecular weight excluding hydrogens is 412 g/mol. The predicted molar refractivity (Wildman–Crippen MR) is 138 cm³/mol. The molecule has 180 valence electrons. The molecule has 2 aromatic carbocycles. The number of anilines is 2. The molecule has 2 atom stereocenters. The molecule has 0 aliphatic heterocycles. The lowest BCUT2D eigenvalue weighted by Crippen LogP contribution is -2.36. The van der Waals surface area contributed by atoms with Crippen molar-refractivity contribution in [2.24, 2.45) is 11.8 Å². The molecule has 0 aliphatic rings. The minimum absolute atomic E-state index is 0.135. The third kappa shape index (κ3) is 10.4. The molecule has 0 aliphatic carbocycles. The Bertz CT molecular complexity index is 802. The van der Waals surface area contributed by atoms with Crippen LogP contribution in [-0.2, 0) is 6.42 Å². The highest BCUT2D eigenvalue weighted by Gasteiger charge is 2.10. The quantitative estimate of drug-likeness (QED) is 0.337. The van der Waals surface area contributed by atoms with Crippen molar-refractivity contribution in [2.45, 2.75) is 72.9 Å². The number of carbonyl (C=O) groups is 2. The van der Waals surface area contributed by atoms with Crippen LogP contribution >= 0.6 is 0 Å². The Labute approximate surface area is 198 Å². The monoisotopic (exact) mass is 452 g/mol. The van der Waals surface area contributed by atoms with Gasteiger partial charge in [-0.2, -0.15) is 0 Å². The molecule has 0 aromatic heterocycles. The van der Waals surface area contributed by atoms with E-state index in [1.54, 1.807) is 0 Å². The normalized spacial score (nSPS) is 12.8. The van der Waals surface area contributed by atoms with Crippen molar-refractivity contribution in [1.29, 1.82) is 0 Å². The molecule has 4 amide bonds. The van der Waals surface area contributed by atoms with Gasteiger partial charge in [-0.25, -0.2) is 9.59 Å². The van der Waals surface area contributed by atoms with Crippen LogP contribution in [0, 0.1) is 11.8 Å². The number of amides is 4. The lowest BCUT2D eigenvalue weighted by atomic mass is 10.0. The van der Waals surface area contributed by atoms with Crippen LogP contribution in [0.5, 0.6) is 0 Å². The average Bonchev–Trinajstić information content (AvgIpc) is 2.69. The van der Waals surface area contributed by atoms with Crippen molar-refractivity contribution in [1.82, 2.24) is 10.6 Å². The maximum Gasteiger partial charge on any atom is 0.319 e. The Morgan fingerprint density at radius 2 is 0.939 bits per heavy atom. The minimum Gasteiger partial charge on any atom is -0.335 e. The van der Waals surface area contributed by atoms with Gasteiger partial charge in [-0.15, -0.1) is 0 Å². The van der Waals surface area contributed by atoms with Crippen molar-refractivity contribution in [3.8, 4) is 0 Å². The highest BCUT2D eigenvalue weighted by atomic mass is 16.2. The van der Waals surface area contributed by atoms with Crippen LogP contribution in [-0.4, -0.2) is 24.1 Å². The first-order valence-corrected chi connectivity index (χ1v) is 11.9. The zero-order valence-corrected chi connectivity index (χ0v) is 20.9.